The topological polar surface area (TPSA) is 12.5 Å². The van der Waals surface area contributed by atoms with Gasteiger partial charge in [0.1, 0.15) is 0 Å². The molecule has 0 atom stereocenters. The standard InChI is InChI=1S/C9H15NO/c1-3-9(2)8-10-4-6-11-7-5-10/h3,8H,1,4-7H2,2H3. The summed E-state index contributed by atoms with van der Waals surface area (Å²) in [5, 5.41) is 0. The number of nitrogens with zero attached hydrogens (tertiary/aromatic N) is 1. The zero-order valence-electron chi connectivity index (χ0n) is 7.05. The minimum atomic E-state index is 0.848. The molecule has 0 unspecified atom stereocenters. The molecule has 0 aromatic heterocycles. The average Bonchev–Trinajstić information content (AvgIpc) is 2.06. The normalized spacial score (nSPS) is 20.1. The maximum absolute atomic E-state index is 5.22. The Bertz CT molecular complexity index is 157. The first kappa shape index (κ1) is 8.34. The molecular formula is C9H15NO. The molecule has 1 heterocycles. The van der Waals surface area contributed by atoms with Crippen LogP contribution in [0.3, 0.4) is 0 Å². The van der Waals surface area contributed by atoms with Gasteiger partial charge in [-0.3, -0.25) is 0 Å². The minimum absolute atomic E-state index is 0.848. The van der Waals surface area contributed by atoms with Gasteiger partial charge in [0.15, 0.2) is 0 Å². The fourth-order valence-corrected chi connectivity index (χ4v) is 1.05. The number of rotatable bonds is 2. The van der Waals surface area contributed by atoms with Gasteiger partial charge in [0, 0.05) is 19.3 Å². The summed E-state index contributed by atoms with van der Waals surface area (Å²) in [5.74, 6) is 0. The lowest BCUT2D eigenvalue weighted by Crippen LogP contribution is -2.32. The molecule has 2 nitrogen and oxygen atoms in total. The molecule has 0 aliphatic carbocycles. The van der Waals surface area contributed by atoms with Gasteiger partial charge in [-0.1, -0.05) is 12.7 Å². The van der Waals surface area contributed by atoms with E-state index in [1.165, 1.54) is 5.57 Å². The van der Waals surface area contributed by atoms with Crippen molar-refractivity contribution in [2.24, 2.45) is 0 Å². The fraction of sp³-hybridized carbons (Fsp3) is 0.556. The van der Waals surface area contributed by atoms with Gasteiger partial charge < -0.3 is 9.64 Å². The van der Waals surface area contributed by atoms with E-state index in [-0.39, 0.29) is 0 Å². The molecular weight excluding hydrogens is 138 g/mol. The molecule has 1 aliphatic rings. The Balaban J connectivity index is 2.40. The quantitative estimate of drug-likeness (QED) is 0.556. The highest BCUT2D eigenvalue weighted by molar-refractivity contribution is 5.12. The molecule has 0 saturated carbocycles. The van der Waals surface area contributed by atoms with Crippen molar-refractivity contribution >= 4 is 0 Å². The zero-order valence-corrected chi connectivity index (χ0v) is 7.05. The van der Waals surface area contributed by atoms with Gasteiger partial charge in [-0.05, 0) is 12.5 Å². The number of ether oxygens (including phenoxy) is 1. The smallest absolute Gasteiger partial charge is 0.0642 e. The maximum atomic E-state index is 5.22. The molecule has 1 aliphatic heterocycles. The first-order valence-electron chi connectivity index (χ1n) is 3.95. The van der Waals surface area contributed by atoms with Crippen LogP contribution in [-0.2, 0) is 4.74 Å². The van der Waals surface area contributed by atoms with Crippen molar-refractivity contribution in [2.45, 2.75) is 6.92 Å². The van der Waals surface area contributed by atoms with Gasteiger partial charge in [-0.15, -0.1) is 0 Å². The molecule has 2 heteroatoms. The lowest BCUT2D eigenvalue weighted by atomic mass is 10.3. The molecule has 1 rings (SSSR count). The third kappa shape index (κ3) is 2.76. The van der Waals surface area contributed by atoms with E-state index in [2.05, 4.69) is 24.6 Å². The van der Waals surface area contributed by atoms with E-state index >= 15 is 0 Å². The summed E-state index contributed by atoms with van der Waals surface area (Å²) in [7, 11) is 0. The largest absolute Gasteiger partial charge is 0.378 e. The molecule has 62 valence electrons. The van der Waals surface area contributed by atoms with Crippen LogP contribution in [0.25, 0.3) is 0 Å². The Labute approximate surface area is 68.1 Å². The van der Waals surface area contributed by atoms with Gasteiger partial charge in [0.25, 0.3) is 0 Å². The van der Waals surface area contributed by atoms with E-state index in [1.807, 2.05) is 6.08 Å². The molecule has 0 radical (unpaired) electrons. The van der Waals surface area contributed by atoms with Crippen LogP contribution in [0.15, 0.2) is 24.4 Å². The summed E-state index contributed by atoms with van der Waals surface area (Å²) in [5.41, 5.74) is 1.21. The van der Waals surface area contributed by atoms with Crippen LogP contribution in [0.2, 0.25) is 0 Å². The van der Waals surface area contributed by atoms with Crippen LogP contribution >= 0.6 is 0 Å². The lowest BCUT2D eigenvalue weighted by Gasteiger charge is -2.25. The number of morpholine rings is 1. The summed E-state index contributed by atoms with van der Waals surface area (Å²) < 4.78 is 5.22. The van der Waals surface area contributed by atoms with Crippen LogP contribution in [0.5, 0.6) is 0 Å². The van der Waals surface area contributed by atoms with Crippen molar-refractivity contribution in [3.63, 3.8) is 0 Å². The van der Waals surface area contributed by atoms with E-state index in [0.717, 1.165) is 26.3 Å². The molecule has 0 amide bonds. The highest BCUT2D eigenvalue weighted by atomic mass is 16.5. The second kappa shape index (κ2) is 4.19. The Kier molecular flexibility index (Phi) is 3.17. The van der Waals surface area contributed by atoms with E-state index in [0.29, 0.717) is 0 Å². The molecule has 0 aromatic carbocycles. The average molecular weight is 153 g/mol. The number of allylic oxidation sites excluding steroid dienone is 2. The van der Waals surface area contributed by atoms with Crippen LogP contribution in [0, 0.1) is 0 Å². The van der Waals surface area contributed by atoms with E-state index in [4.69, 9.17) is 4.74 Å². The Morgan fingerprint density at radius 1 is 1.45 bits per heavy atom. The SMILES string of the molecule is C=CC(C)=CN1CCOCC1. The van der Waals surface area contributed by atoms with Crippen molar-refractivity contribution in [1.82, 2.24) is 4.90 Å². The molecule has 1 saturated heterocycles. The van der Waals surface area contributed by atoms with Gasteiger partial charge in [-0.2, -0.15) is 0 Å². The number of hydrogen-bond acceptors (Lipinski definition) is 2. The van der Waals surface area contributed by atoms with E-state index in [1.54, 1.807) is 0 Å². The predicted octanol–water partition coefficient (Wildman–Crippen LogP) is 1.41. The van der Waals surface area contributed by atoms with Crippen LogP contribution < -0.4 is 0 Å². The van der Waals surface area contributed by atoms with Crippen LogP contribution in [0.4, 0.5) is 0 Å². The second-order valence-corrected chi connectivity index (χ2v) is 2.73. The number of hydrogen-bond donors (Lipinski definition) is 0. The summed E-state index contributed by atoms with van der Waals surface area (Å²) in [4.78, 5) is 2.26. The lowest BCUT2D eigenvalue weighted by molar-refractivity contribution is 0.0591. The van der Waals surface area contributed by atoms with Crippen molar-refractivity contribution in [1.29, 1.82) is 0 Å². The van der Waals surface area contributed by atoms with Gasteiger partial charge >= 0.3 is 0 Å². The van der Waals surface area contributed by atoms with Crippen molar-refractivity contribution in [3.8, 4) is 0 Å². The fourth-order valence-electron chi connectivity index (χ4n) is 1.05. The molecule has 0 spiro atoms. The molecule has 11 heavy (non-hydrogen) atoms. The highest BCUT2D eigenvalue weighted by Gasteiger charge is 2.05. The van der Waals surface area contributed by atoms with Gasteiger partial charge in [0.05, 0.1) is 13.2 Å². The van der Waals surface area contributed by atoms with E-state index < -0.39 is 0 Å². The molecule has 1 fully saturated rings. The molecule has 0 N–H and O–H groups in total. The van der Waals surface area contributed by atoms with Gasteiger partial charge in [-0.25, -0.2) is 0 Å². The third-order valence-electron chi connectivity index (χ3n) is 1.75. The highest BCUT2D eigenvalue weighted by Crippen LogP contribution is 2.01. The molecule has 0 bridgehead atoms. The van der Waals surface area contributed by atoms with Crippen LogP contribution in [-0.4, -0.2) is 31.2 Å². The Morgan fingerprint density at radius 3 is 2.64 bits per heavy atom. The first-order valence-corrected chi connectivity index (χ1v) is 3.95. The van der Waals surface area contributed by atoms with Crippen molar-refractivity contribution < 1.29 is 4.74 Å². The minimum Gasteiger partial charge on any atom is -0.378 e. The summed E-state index contributed by atoms with van der Waals surface area (Å²) in [6, 6.07) is 0. The maximum Gasteiger partial charge on any atom is 0.0642 e. The second-order valence-electron chi connectivity index (χ2n) is 2.73. The van der Waals surface area contributed by atoms with Crippen molar-refractivity contribution in [2.75, 3.05) is 26.3 Å². The summed E-state index contributed by atoms with van der Waals surface area (Å²) >= 11 is 0. The zero-order chi connectivity index (χ0) is 8.10. The monoisotopic (exact) mass is 153 g/mol. The van der Waals surface area contributed by atoms with Crippen molar-refractivity contribution in [3.05, 3.63) is 24.4 Å². The molecule has 0 aromatic rings. The van der Waals surface area contributed by atoms with E-state index in [9.17, 15) is 0 Å². The first-order chi connectivity index (χ1) is 5.33. The summed E-state index contributed by atoms with van der Waals surface area (Å²) in [6.45, 7) is 9.46. The predicted molar refractivity (Wildman–Crippen MR) is 46.3 cm³/mol. The Hall–Kier alpha value is -0.760. The van der Waals surface area contributed by atoms with Gasteiger partial charge in [0.2, 0.25) is 0 Å². The summed E-state index contributed by atoms with van der Waals surface area (Å²) in [6.07, 6.45) is 4.00. The third-order valence-corrected chi connectivity index (χ3v) is 1.75. The Morgan fingerprint density at radius 2 is 2.09 bits per heavy atom. The van der Waals surface area contributed by atoms with Crippen LogP contribution in [0.1, 0.15) is 6.92 Å².